The number of nitrogen functional groups attached to an aromatic ring is 1. The van der Waals surface area contributed by atoms with E-state index in [2.05, 4.69) is 12.1 Å². The van der Waals surface area contributed by atoms with Crippen molar-refractivity contribution in [2.24, 2.45) is 5.41 Å². The van der Waals surface area contributed by atoms with Crippen molar-refractivity contribution in [2.45, 2.75) is 50.5 Å². The Bertz CT molecular complexity index is 382. The van der Waals surface area contributed by atoms with Crippen LogP contribution in [-0.4, -0.2) is 11.2 Å². The molecular weight excluding hydrogens is 210 g/mol. The fraction of sp³-hybridized carbons (Fsp3) is 0.600. The molecule has 92 valence electrons. The standard InChI is InChI=1S/C15H21NO/c16-13-3-1-11(2-4-13)12-5-7-15(8-6-12)9-14(17)10-15/h1-4,12,14,17H,5-10,16H2. The van der Waals surface area contributed by atoms with E-state index in [9.17, 15) is 5.11 Å². The molecule has 17 heavy (non-hydrogen) atoms. The number of benzene rings is 1. The molecular formula is C15H21NO. The van der Waals surface area contributed by atoms with Crippen molar-refractivity contribution < 1.29 is 5.11 Å². The van der Waals surface area contributed by atoms with Crippen LogP contribution >= 0.6 is 0 Å². The van der Waals surface area contributed by atoms with Crippen LogP contribution in [0.3, 0.4) is 0 Å². The first-order valence-corrected chi connectivity index (χ1v) is 6.70. The van der Waals surface area contributed by atoms with E-state index in [1.165, 1.54) is 31.2 Å². The first kappa shape index (κ1) is 11.1. The average Bonchev–Trinajstić information content (AvgIpc) is 2.30. The van der Waals surface area contributed by atoms with Crippen LogP contribution in [0.5, 0.6) is 0 Å². The van der Waals surface area contributed by atoms with Crippen LogP contribution in [0.4, 0.5) is 5.69 Å². The minimum Gasteiger partial charge on any atom is -0.399 e. The summed E-state index contributed by atoms with van der Waals surface area (Å²) in [6.45, 7) is 0. The Balaban J connectivity index is 1.63. The maximum atomic E-state index is 9.46. The quantitative estimate of drug-likeness (QED) is 0.730. The number of nitrogens with two attached hydrogens (primary N) is 1. The lowest BCUT2D eigenvalue weighted by molar-refractivity contribution is -0.0568. The molecule has 0 amide bonds. The number of rotatable bonds is 1. The molecule has 0 radical (unpaired) electrons. The van der Waals surface area contributed by atoms with Crippen molar-refractivity contribution in [2.75, 3.05) is 5.73 Å². The lowest BCUT2D eigenvalue weighted by Gasteiger charge is -2.49. The average molecular weight is 231 g/mol. The highest BCUT2D eigenvalue weighted by molar-refractivity contribution is 5.40. The van der Waals surface area contributed by atoms with E-state index < -0.39 is 0 Å². The molecule has 2 aliphatic rings. The van der Waals surface area contributed by atoms with E-state index in [4.69, 9.17) is 5.73 Å². The van der Waals surface area contributed by atoms with Crippen molar-refractivity contribution in [3.8, 4) is 0 Å². The number of aliphatic hydroxyl groups is 1. The molecule has 1 spiro atoms. The van der Waals surface area contributed by atoms with E-state index in [0.717, 1.165) is 18.5 Å². The number of anilines is 1. The van der Waals surface area contributed by atoms with Crippen LogP contribution in [-0.2, 0) is 0 Å². The van der Waals surface area contributed by atoms with Gasteiger partial charge in [-0.2, -0.15) is 0 Å². The molecule has 0 saturated heterocycles. The SMILES string of the molecule is Nc1ccc(C2CCC3(CC2)CC(O)C3)cc1. The summed E-state index contributed by atoms with van der Waals surface area (Å²) >= 11 is 0. The number of hydrogen-bond acceptors (Lipinski definition) is 2. The molecule has 2 nitrogen and oxygen atoms in total. The molecule has 2 heteroatoms. The van der Waals surface area contributed by atoms with Crippen molar-refractivity contribution in [3.05, 3.63) is 29.8 Å². The highest BCUT2D eigenvalue weighted by Crippen LogP contribution is 2.54. The minimum atomic E-state index is -0.0110. The molecule has 3 rings (SSSR count). The Morgan fingerprint density at radius 3 is 2.18 bits per heavy atom. The third kappa shape index (κ3) is 2.06. The maximum Gasteiger partial charge on any atom is 0.0550 e. The minimum absolute atomic E-state index is 0.0110. The van der Waals surface area contributed by atoms with Gasteiger partial charge in [-0.3, -0.25) is 0 Å². The molecule has 0 unspecified atom stereocenters. The Morgan fingerprint density at radius 1 is 1.06 bits per heavy atom. The summed E-state index contributed by atoms with van der Waals surface area (Å²) in [6, 6.07) is 8.36. The molecule has 2 aliphatic carbocycles. The van der Waals surface area contributed by atoms with Crippen molar-refractivity contribution >= 4 is 5.69 Å². The van der Waals surface area contributed by atoms with Crippen LogP contribution in [0.15, 0.2) is 24.3 Å². The summed E-state index contributed by atoms with van der Waals surface area (Å²) in [5.41, 5.74) is 8.51. The van der Waals surface area contributed by atoms with Crippen molar-refractivity contribution in [1.29, 1.82) is 0 Å². The van der Waals surface area contributed by atoms with E-state index in [1.54, 1.807) is 0 Å². The van der Waals surface area contributed by atoms with Crippen LogP contribution in [0.2, 0.25) is 0 Å². The van der Waals surface area contributed by atoms with Gasteiger partial charge in [-0.25, -0.2) is 0 Å². The summed E-state index contributed by atoms with van der Waals surface area (Å²) in [6.07, 6.45) is 7.21. The molecule has 3 N–H and O–H groups in total. The molecule has 0 heterocycles. The normalized spacial score (nSPS) is 36.8. The van der Waals surface area contributed by atoms with Gasteiger partial charge < -0.3 is 10.8 Å². The first-order chi connectivity index (χ1) is 8.17. The van der Waals surface area contributed by atoms with E-state index in [1.807, 2.05) is 12.1 Å². The second kappa shape index (κ2) is 4.02. The van der Waals surface area contributed by atoms with Gasteiger partial charge in [-0.05, 0) is 67.6 Å². The van der Waals surface area contributed by atoms with Crippen LogP contribution in [0.1, 0.15) is 50.0 Å². The molecule has 1 aromatic rings. The van der Waals surface area contributed by atoms with E-state index in [0.29, 0.717) is 11.3 Å². The Hall–Kier alpha value is -1.02. The highest BCUT2D eigenvalue weighted by atomic mass is 16.3. The Kier molecular flexibility index (Phi) is 2.62. The zero-order valence-corrected chi connectivity index (χ0v) is 10.2. The number of hydrogen-bond donors (Lipinski definition) is 2. The fourth-order valence-electron chi connectivity index (χ4n) is 3.68. The molecule has 2 fully saturated rings. The second-order valence-electron chi connectivity index (χ2n) is 6.00. The summed E-state index contributed by atoms with van der Waals surface area (Å²) in [4.78, 5) is 0. The third-order valence-electron chi connectivity index (χ3n) is 4.79. The van der Waals surface area contributed by atoms with Gasteiger partial charge in [0.05, 0.1) is 6.10 Å². The molecule has 0 bridgehead atoms. The number of aliphatic hydroxyl groups excluding tert-OH is 1. The summed E-state index contributed by atoms with van der Waals surface area (Å²) in [5.74, 6) is 0.707. The smallest absolute Gasteiger partial charge is 0.0550 e. The van der Waals surface area contributed by atoms with Crippen molar-refractivity contribution in [3.63, 3.8) is 0 Å². The molecule has 0 atom stereocenters. The van der Waals surface area contributed by atoms with E-state index in [-0.39, 0.29) is 6.10 Å². The maximum absolute atomic E-state index is 9.46. The molecule has 1 aromatic carbocycles. The van der Waals surface area contributed by atoms with Crippen LogP contribution < -0.4 is 5.73 Å². The summed E-state index contributed by atoms with van der Waals surface area (Å²) in [5, 5.41) is 9.46. The molecule has 0 aromatic heterocycles. The van der Waals surface area contributed by atoms with Gasteiger partial charge in [0.2, 0.25) is 0 Å². The summed E-state index contributed by atoms with van der Waals surface area (Å²) < 4.78 is 0. The monoisotopic (exact) mass is 231 g/mol. The van der Waals surface area contributed by atoms with Gasteiger partial charge in [0.15, 0.2) is 0 Å². The van der Waals surface area contributed by atoms with Gasteiger partial charge in [-0.1, -0.05) is 12.1 Å². The predicted octanol–water partition coefficient (Wildman–Crippen LogP) is 3.07. The lowest BCUT2D eigenvalue weighted by Crippen LogP contribution is -2.43. The molecule has 0 aliphatic heterocycles. The Morgan fingerprint density at radius 2 is 1.65 bits per heavy atom. The van der Waals surface area contributed by atoms with Crippen molar-refractivity contribution in [1.82, 2.24) is 0 Å². The fourth-order valence-corrected chi connectivity index (χ4v) is 3.68. The van der Waals surface area contributed by atoms with Gasteiger partial charge in [0.1, 0.15) is 0 Å². The van der Waals surface area contributed by atoms with Gasteiger partial charge in [-0.15, -0.1) is 0 Å². The topological polar surface area (TPSA) is 46.2 Å². The predicted molar refractivity (Wildman–Crippen MR) is 69.7 cm³/mol. The zero-order chi connectivity index (χ0) is 11.9. The van der Waals surface area contributed by atoms with Crippen LogP contribution in [0, 0.1) is 5.41 Å². The third-order valence-corrected chi connectivity index (χ3v) is 4.79. The second-order valence-corrected chi connectivity index (χ2v) is 6.00. The molecule has 2 saturated carbocycles. The first-order valence-electron chi connectivity index (χ1n) is 6.70. The Labute approximate surface area is 103 Å². The largest absolute Gasteiger partial charge is 0.399 e. The van der Waals surface area contributed by atoms with E-state index >= 15 is 0 Å². The zero-order valence-electron chi connectivity index (χ0n) is 10.2. The van der Waals surface area contributed by atoms with Gasteiger partial charge in [0, 0.05) is 5.69 Å². The highest BCUT2D eigenvalue weighted by Gasteiger charge is 2.45. The van der Waals surface area contributed by atoms with Crippen LogP contribution in [0.25, 0.3) is 0 Å². The summed E-state index contributed by atoms with van der Waals surface area (Å²) in [7, 11) is 0. The lowest BCUT2D eigenvalue weighted by atomic mass is 9.57. The van der Waals surface area contributed by atoms with Gasteiger partial charge >= 0.3 is 0 Å². The van der Waals surface area contributed by atoms with Gasteiger partial charge in [0.25, 0.3) is 0 Å².